The summed E-state index contributed by atoms with van der Waals surface area (Å²) in [6, 6.07) is 8.30. The van der Waals surface area contributed by atoms with Crippen molar-refractivity contribution in [2.24, 2.45) is 5.10 Å². The van der Waals surface area contributed by atoms with Gasteiger partial charge in [-0.2, -0.15) is 5.10 Å². The first-order chi connectivity index (χ1) is 11.0. The van der Waals surface area contributed by atoms with Gasteiger partial charge in [0.1, 0.15) is 5.82 Å². The number of aromatic nitrogens is 2. The number of pyridine rings is 1. The van der Waals surface area contributed by atoms with Crippen molar-refractivity contribution in [2.75, 3.05) is 5.43 Å². The summed E-state index contributed by atoms with van der Waals surface area (Å²) in [5, 5.41) is 5.71. The zero-order valence-electron chi connectivity index (χ0n) is 14.3. The normalized spacial score (nSPS) is 12.0. The van der Waals surface area contributed by atoms with Gasteiger partial charge in [-0.05, 0) is 57.4 Å². The fourth-order valence-electron chi connectivity index (χ4n) is 3.03. The molecule has 0 saturated heterocycles. The number of H-pyrrole nitrogens is 1. The molecule has 2 heterocycles. The summed E-state index contributed by atoms with van der Waals surface area (Å²) >= 11 is 0. The molecule has 23 heavy (non-hydrogen) atoms. The van der Waals surface area contributed by atoms with Gasteiger partial charge in [0.05, 0.1) is 11.2 Å². The lowest BCUT2D eigenvalue weighted by Gasteiger charge is -2.09. The zero-order chi connectivity index (χ0) is 16.6. The van der Waals surface area contributed by atoms with Crippen LogP contribution < -0.4 is 5.43 Å². The Morgan fingerprint density at radius 3 is 2.57 bits per heavy atom. The maximum Gasteiger partial charge on any atom is 0.147 e. The quantitative estimate of drug-likeness (QED) is 0.547. The van der Waals surface area contributed by atoms with E-state index in [0.717, 1.165) is 28.3 Å². The van der Waals surface area contributed by atoms with Gasteiger partial charge in [0.15, 0.2) is 0 Å². The summed E-state index contributed by atoms with van der Waals surface area (Å²) in [6.45, 7) is 10.3. The third-order valence-corrected chi connectivity index (χ3v) is 4.22. The van der Waals surface area contributed by atoms with Gasteiger partial charge in [-0.3, -0.25) is 5.43 Å². The number of aromatic amines is 1. The van der Waals surface area contributed by atoms with Gasteiger partial charge in [0.25, 0.3) is 0 Å². The largest absolute Gasteiger partial charge is 0.364 e. The molecule has 0 aliphatic carbocycles. The molecule has 118 valence electrons. The fraction of sp³-hybridized carbons (Fsp3) is 0.263. The van der Waals surface area contributed by atoms with E-state index < -0.39 is 0 Å². The van der Waals surface area contributed by atoms with Crippen LogP contribution in [0.1, 0.15) is 34.9 Å². The molecule has 1 aromatic carbocycles. The van der Waals surface area contributed by atoms with Crippen LogP contribution in [-0.2, 0) is 0 Å². The van der Waals surface area contributed by atoms with Gasteiger partial charge >= 0.3 is 0 Å². The molecule has 0 radical (unpaired) electrons. The monoisotopic (exact) mass is 306 g/mol. The predicted molar refractivity (Wildman–Crippen MR) is 97.3 cm³/mol. The number of hydrogen-bond donors (Lipinski definition) is 2. The van der Waals surface area contributed by atoms with Gasteiger partial charge in [-0.1, -0.05) is 18.2 Å². The standard InChI is InChI=1S/C19H22N4/c1-11-7-6-8-16-12(2)9-17(21-19(11)16)23-22-15(5)18-13(3)10-20-14(18)4/h6-10,20H,1-5H3,(H,21,23)/b22-15+. The van der Waals surface area contributed by atoms with E-state index in [-0.39, 0.29) is 0 Å². The average Bonchev–Trinajstić information content (AvgIpc) is 2.85. The Balaban J connectivity index is 1.96. The Labute approximate surface area is 136 Å². The molecule has 2 N–H and O–H groups in total. The smallest absolute Gasteiger partial charge is 0.147 e. The second-order valence-corrected chi connectivity index (χ2v) is 6.08. The van der Waals surface area contributed by atoms with E-state index >= 15 is 0 Å². The van der Waals surface area contributed by atoms with Gasteiger partial charge in [0, 0.05) is 22.8 Å². The van der Waals surface area contributed by atoms with E-state index in [1.54, 1.807) is 0 Å². The molecule has 0 amide bonds. The SMILES string of the molecule is C/C(=N\Nc1cc(C)c2cccc(C)c2n1)c1c(C)c[nH]c1C. The summed E-state index contributed by atoms with van der Waals surface area (Å²) in [5.41, 5.74) is 10.9. The number of fused-ring (bicyclic) bond motifs is 1. The van der Waals surface area contributed by atoms with Crippen LogP contribution in [0.5, 0.6) is 0 Å². The first-order valence-corrected chi connectivity index (χ1v) is 7.79. The average molecular weight is 306 g/mol. The van der Waals surface area contributed by atoms with Gasteiger partial charge in [0.2, 0.25) is 0 Å². The molecule has 2 aromatic heterocycles. The molecule has 0 fully saturated rings. The Hall–Kier alpha value is -2.62. The molecule has 3 aromatic rings. The van der Waals surface area contributed by atoms with E-state index in [0.29, 0.717) is 0 Å². The Morgan fingerprint density at radius 1 is 1.09 bits per heavy atom. The molecule has 4 nitrogen and oxygen atoms in total. The number of benzene rings is 1. The molecule has 4 heteroatoms. The summed E-state index contributed by atoms with van der Waals surface area (Å²) < 4.78 is 0. The van der Waals surface area contributed by atoms with E-state index in [4.69, 9.17) is 4.98 Å². The van der Waals surface area contributed by atoms with Gasteiger partial charge in [-0.25, -0.2) is 4.98 Å². The van der Waals surface area contributed by atoms with Crippen molar-refractivity contribution < 1.29 is 0 Å². The minimum Gasteiger partial charge on any atom is -0.364 e. The highest BCUT2D eigenvalue weighted by Crippen LogP contribution is 2.23. The molecule has 0 aliphatic heterocycles. The Bertz CT molecular complexity index is 884. The minimum absolute atomic E-state index is 0.773. The molecule has 0 aliphatic rings. The van der Waals surface area contributed by atoms with Crippen molar-refractivity contribution >= 4 is 22.4 Å². The van der Waals surface area contributed by atoms with Crippen molar-refractivity contribution in [1.29, 1.82) is 0 Å². The maximum absolute atomic E-state index is 4.71. The van der Waals surface area contributed by atoms with Crippen LogP contribution in [0, 0.1) is 27.7 Å². The topological polar surface area (TPSA) is 53.1 Å². The Kier molecular flexibility index (Phi) is 3.90. The number of nitrogens with one attached hydrogen (secondary N) is 2. The van der Waals surface area contributed by atoms with E-state index in [1.807, 2.05) is 19.2 Å². The second-order valence-electron chi connectivity index (χ2n) is 6.08. The summed E-state index contributed by atoms with van der Waals surface area (Å²) in [6.07, 6.45) is 2.01. The number of anilines is 1. The van der Waals surface area contributed by atoms with Crippen LogP contribution in [-0.4, -0.2) is 15.7 Å². The molecular weight excluding hydrogens is 284 g/mol. The Morgan fingerprint density at radius 2 is 1.87 bits per heavy atom. The van der Waals surface area contributed by atoms with E-state index in [9.17, 15) is 0 Å². The number of hydrazone groups is 1. The molecule has 0 saturated carbocycles. The lowest BCUT2D eigenvalue weighted by molar-refractivity contribution is 1.22. The lowest BCUT2D eigenvalue weighted by atomic mass is 10.1. The summed E-state index contributed by atoms with van der Waals surface area (Å²) in [5.74, 6) is 0.773. The molecular formula is C19H22N4. The van der Waals surface area contributed by atoms with Crippen LogP contribution in [0.15, 0.2) is 35.6 Å². The highest BCUT2D eigenvalue weighted by atomic mass is 15.3. The number of nitrogens with zero attached hydrogens (tertiary/aromatic N) is 2. The van der Waals surface area contributed by atoms with Gasteiger partial charge < -0.3 is 4.98 Å². The highest BCUT2D eigenvalue weighted by Gasteiger charge is 2.08. The molecule has 3 rings (SSSR count). The van der Waals surface area contributed by atoms with Crippen LogP contribution >= 0.6 is 0 Å². The van der Waals surface area contributed by atoms with E-state index in [1.165, 1.54) is 22.1 Å². The third-order valence-electron chi connectivity index (χ3n) is 4.22. The van der Waals surface area contributed by atoms with Crippen LogP contribution in [0.2, 0.25) is 0 Å². The first-order valence-electron chi connectivity index (χ1n) is 7.79. The van der Waals surface area contributed by atoms with Crippen LogP contribution in [0.25, 0.3) is 10.9 Å². The third kappa shape index (κ3) is 2.84. The van der Waals surface area contributed by atoms with Crippen molar-refractivity contribution in [2.45, 2.75) is 34.6 Å². The highest BCUT2D eigenvalue weighted by molar-refractivity contribution is 6.01. The maximum atomic E-state index is 4.71. The minimum atomic E-state index is 0.773. The molecule has 0 bridgehead atoms. The first kappa shape index (κ1) is 15.3. The number of rotatable bonds is 3. The van der Waals surface area contributed by atoms with Crippen LogP contribution in [0.3, 0.4) is 0 Å². The van der Waals surface area contributed by atoms with Crippen molar-refractivity contribution in [3.63, 3.8) is 0 Å². The number of hydrogen-bond acceptors (Lipinski definition) is 3. The number of para-hydroxylation sites is 1. The second kappa shape index (κ2) is 5.88. The van der Waals surface area contributed by atoms with E-state index in [2.05, 4.69) is 61.4 Å². The molecule has 0 atom stereocenters. The van der Waals surface area contributed by atoms with Crippen LogP contribution in [0.4, 0.5) is 5.82 Å². The fourth-order valence-corrected chi connectivity index (χ4v) is 3.03. The predicted octanol–water partition coefficient (Wildman–Crippen LogP) is 4.63. The zero-order valence-corrected chi connectivity index (χ0v) is 14.3. The molecule has 0 spiro atoms. The summed E-state index contributed by atoms with van der Waals surface area (Å²) in [4.78, 5) is 7.94. The molecule has 0 unspecified atom stereocenters. The summed E-state index contributed by atoms with van der Waals surface area (Å²) in [7, 11) is 0. The number of aryl methyl sites for hydroxylation is 4. The van der Waals surface area contributed by atoms with Crippen molar-refractivity contribution in [1.82, 2.24) is 9.97 Å². The lowest BCUT2D eigenvalue weighted by Crippen LogP contribution is -2.03. The van der Waals surface area contributed by atoms with Crippen molar-refractivity contribution in [3.8, 4) is 0 Å². The van der Waals surface area contributed by atoms with Crippen molar-refractivity contribution in [3.05, 3.63) is 58.4 Å². The van der Waals surface area contributed by atoms with Gasteiger partial charge in [-0.15, -0.1) is 0 Å².